The molecule has 7 rings (SSSR count). The normalized spacial score (nSPS) is 21.5. The molecule has 2 aliphatic rings. The fourth-order valence-corrected chi connectivity index (χ4v) is 5.83. The van der Waals surface area contributed by atoms with E-state index in [2.05, 4.69) is 42.9 Å². The Morgan fingerprint density at radius 2 is 1.78 bits per heavy atom. The summed E-state index contributed by atoms with van der Waals surface area (Å²) in [4.78, 5) is 15.4. The summed E-state index contributed by atoms with van der Waals surface area (Å²) in [5, 5.41) is 24.5. The Labute approximate surface area is 213 Å². The van der Waals surface area contributed by atoms with Crippen molar-refractivity contribution in [3.63, 3.8) is 0 Å². The number of anilines is 1. The summed E-state index contributed by atoms with van der Waals surface area (Å²) < 4.78 is 3.71. The summed E-state index contributed by atoms with van der Waals surface area (Å²) in [5.74, 6) is -0.170. The van der Waals surface area contributed by atoms with E-state index in [0.29, 0.717) is 35.1 Å². The van der Waals surface area contributed by atoms with Crippen LogP contribution in [0.15, 0.2) is 67.1 Å². The number of aromatic amines is 1. The number of aromatic nitrogens is 7. The Morgan fingerprint density at radius 3 is 2.59 bits per heavy atom. The number of H-pyrrole nitrogens is 1. The molecule has 2 saturated heterocycles. The van der Waals surface area contributed by atoms with Gasteiger partial charge >= 0.3 is 0 Å². The van der Waals surface area contributed by atoms with Crippen molar-refractivity contribution < 1.29 is 4.79 Å². The second-order valence-electron chi connectivity index (χ2n) is 10.1. The lowest BCUT2D eigenvalue weighted by atomic mass is 9.98. The van der Waals surface area contributed by atoms with Gasteiger partial charge in [0.1, 0.15) is 11.4 Å². The van der Waals surface area contributed by atoms with Crippen molar-refractivity contribution in [2.24, 2.45) is 0 Å². The standard InChI is InChI=1S/C27H27N9O/c1-34-20-10-11-21(34)13-22(12-20)35-15-18(14-28-35)29-27(37)17-6-8-19(9-7-17)36-16-25(31-33-36)26-23-4-2-3-5-24(23)30-32-26/h2-9,14-16,20-22H,10-13H2,1H3,(H,29,37)(H,30,32). The summed E-state index contributed by atoms with van der Waals surface area (Å²) in [6.45, 7) is 0. The van der Waals surface area contributed by atoms with Crippen molar-refractivity contribution in [3.05, 3.63) is 72.7 Å². The number of carbonyl (C=O) groups is 1. The lowest BCUT2D eigenvalue weighted by molar-refractivity contribution is 0.102. The number of hydrogen-bond donors (Lipinski definition) is 2. The highest BCUT2D eigenvalue weighted by Crippen LogP contribution is 2.39. The fourth-order valence-electron chi connectivity index (χ4n) is 5.83. The fraction of sp³-hybridized carbons (Fsp3) is 0.296. The number of hydrogen-bond acceptors (Lipinski definition) is 6. The van der Waals surface area contributed by atoms with Crippen molar-refractivity contribution in [1.29, 1.82) is 0 Å². The number of nitrogens with zero attached hydrogens (tertiary/aromatic N) is 7. The van der Waals surface area contributed by atoms with Gasteiger partial charge in [0.2, 0.25) is 0 Å². The summed E-state index contributed by atoms with van der Waals surface area (Å²) in [7, 11) is 2.24. The molecular formula is C27H27N9O. The molecular weight excluding hydrogens is 466 g/mol. The molecule has 2 fully saturated rings. The van der Waals surface area contributed by atoms with E-state index >= 15 is 0 Å². The molecule has 0 aliphatic carbocycles. The number of benzene rings is 2. The third kappa shape index (κ3) is 3.89. The number of nitrogens with one attached hydrogen (secondary N) is 2. The molecule has 37 heavy (non-hydrogen) atoms. The molecule has 2 bridgehead atoms. The van der Waals surface area contributed by atoms with Gasteiger partial charge in [-0.1, -0.05) is 23.4 Å². The average Bonchev–Trinajstić information content (AvgIpc) is 3.71. The second-order valence-corrected chi connectivity index (χ2v) is 10.1. The molecule has 0 saturated carbocycles. The topological polar surface area (TPSA) is 110 Å². The van der Waals surface area contributed by atoms with E-state index in [1.807, 2.05) is 53.5 Å². The molecule has 3 aromatic heterocycles. The van der Waals surface area contributed by atoms with E-state index in [4.69, 9.17) is 0 Å². The maximum atomic E-state index is 12.9. The highest BCUT2D eigenvalue weighted by molar-refractivity contribution is 6.04. The van der Waals surface area contributed by atoms with E-state index in [-0.39, 0.29) is 5.91 Å². The summed E-state index contributed by atoms with van der Waals surface area (Å²) >= 11 is 0. The first-order chi connectivity index (χ1) is 18.1. The van der Waals surface area contributed by atoms with Crippen LogP contribution in [-0.4, -0.2) is 64.9 Å². The number of rotatable bonds is 5. The van der Waals surface area contributed by atoms with Gasteiger partial charge in [-0.05, 0) is 63.1 Å². The van der Waals surface area contributed by atoms with Crippen molar-refractivity contribution in [2.45, 2.75) is 43.8 Å². The molecule has 10 heteroatoms. The molecule has 0 spiro atoms. The molecule has 2 atom stereocenters. The molecule has 5 heterocycles. The predicted octanol–water partition coefficient (Wildman–Crippen LogP) is 4.06. The minimum Gasteiger partial charge on any atom is -0.319 e. The summed E-state index contributed by atoms with van der Waals surface area (Å²) in [6.07, 6.45) is 10.3. The maximum Gasteiger partial charge on any atom is 0.255 e. The van der Waals surface area contributed by atoms with Crippen molar-refractivity contribution in [1.82, 2.24) is 39.9 Å². The van der Waals surface area contributed by atoms with Crippen molar-refractivity contribution in [3.8, 4) is 17.1 Å². The Morgan fingerprint density at radius 1 is 1.00 bits per heavy atom. The van der Waals surface area contributed by atoms with Gasteiger partial charge in [-0.25, -0.2) is 4.68 Å². The third-order valence-corrected chi connectivity index (χ3v) is 7.91. The lowest BCUT2D eigenvalue weighted by Crippen LogP contribution is -2.40. The van der Waals surface area contributed by atoms with Crippen LogP contribution in [0.5, 0.6) is 0 Å². The quantitative estimate of drug-likeness (QED) is 0.382. The van der Waals surface area contributed by atoms with Crippen LogP contribution in [0.3, 0.4) is 0 Å². The molecule has 2 aliphatic heterocycles. The van der Waals surface area contributed by atoms with Gasteiger partial charge in [0.05, 0.1) is 35.3 Å². The van der Waals surface area contributed by atoms with Gasteiger partial charge in [0.25, 0.3) is 5.91 Å². The zero-order valence-corrected chi connectivity index (χ0v) is 20.5. The Kier molecular flexibility index (Phi) is 5.14. The summed E-state index contributed by atoms with van der Waals surface area (Å²) in [6, 6.07) is 16.9. The Bertz CT molecular complexity index is 1570. The zero-order chi connectivity index (χ0) is 24.9. The van der Waals surface area contributed by atoms with Crippen LogP contribution in [-0.2, 0) is 0 Å². The third-order valence-electron chi connectivity index (χ3n) is 7.91. The predicted molar refractivity (Wildman–Crippen MR) is 139 cm³/mol. The smallest absolute Gasteiger partial charge is 0.255 e. The van der Waals surface area contributed by atoms with E-state index in [1.165, 1.54) is 12.8 Å². The van der Waals surface area contributed by atoms with Crippen LogP contribution in [0.25, 0.3) is 28.0 Å². The molecule has 2 N–H and O–H groups in total. The number of fused-ring (bicyclic) bond motifs is 3. The minimum absolute atomic E-state index is 0.170. The van der Waals surface area contributed by atoms with Gasteiger partial charge in [0.15, 0.2) is 0 Å². The second kappa shape index (κ2) is 8.67. The first-order valence-electron chi connectivity index (χ1n) is 12.7. The van der Waals surface area contributed by atoms with Gasteiger partial charge in [-0.3, -0.25) is 14.6 Å². The van der Waals surface area contributed by atoms with E-state index in [9.17, 15) is 4.79 Å². The molecule has 186 valence electrons. The van der Waals surface area contributed by atoms with Gasteiger partial charge in [0, 0.05) is 29.2 Å². The first-order valence-corrected chi connectivity index (χ1v) is 12.7. The number of para-hydroxylation sites is 1. The highest BCUT2D eigenvalue weighted by atomic mass is 16.1. The van der Waals surface area contributed by atoms with Gasteiger partial charge < -0.3 is 10.2 Å². The van der Waals surface area contributed by atoms with Crippen LogP contribution >= 0.6 is 0 Å². The molecule has 10 nitrogen and oxygen atoms in total. The highest BCUT2D eigenvalue weighted by Gasteiger charge is 2.39. The Balaban J connectivity index is 1.03. The monoisotopic (exact) mass is 493 g/mol. The van der Waals surface area contributed by atoms with Crippen LogP contribution in [0.4, 0.5) is 5.69 Å². The Hall–Kier alpha value is -4.31. The number of piperidine rings is 1. The van der Waals surface area contributed by atoms with Crippen LogP contribution in [0.1, 0.15) is 42.1 Å². The number of carbonyl (C=O) groups excluding carboxylic acids is 1. The molecule has 2 unspecified atom stereocenters. The summed E-state index contributed by atoms with van der Waals surface area (Å²) in [5.41, 5.74) is 4.46. The molecule has 0 radical (unpaired) electrons. The van der Waals surface area contributed by atoms with E-state index in [1.54, 1.807) is 23.0 Å². The minimum atomic E-state index is -0.170. The first kappa shape index (κ1) is 21.9. The van der Waals surface area contributed by atoms with Crippen molar-refractivity contribution in [2.75, 3.05) is 12.4 Å². The largest absolute Gasteiger partial charge is 0.319 e. The zero-order valence-electron chi connectivity index (χ0n) is 20.5. The SMILES string of the molecule is CN1C2CCC1CC(n1cc(NC(=O)c3ccc(-n4cc(-c5n[nH]c6ccccc56)nn4)cc3)cn1)C2. The maximum absolute atomic E-state index is 12.9. The molecule has 1 amide bonds. The average molecular weight is 494 g/mol. The van der Waals surface area contributed by atoms with E-state index < -0.39 is 0 Å². The number of amides is 1. The van der Waals surface area contributed by atoms with Crippen molar-refractivity contribution >= 4 is 22.5 Å². The molecule has 5 aromatic rings. The van der Waals surface area contributed by atoms with Gasteiger partial charge in [-0.15, -0.1) is 5.10 Å². The van der Waals surface area contributed by atoms with Crippen LogP contribution in [0.2, 0.25) is 0 Å². The van der Waals surface area contributed by atoms with Crippen LogP contribution in [0, 0.1) is 0 Å². The molecule has 2 aromatic carbocycles. The van der Waals surface area contributed by atoms with Crippen LogP contribution < -0.4 is 5.32 Å². The lowest BCUT2D eigenvalue weighted by Gasteiger charge is -2.36. The van der Waals surface area contributed by atoms with E-state index in [0.717, 1.165) is 35.1 Å². The van der Waals surface area contributed by atoms with Gasteiger partial charge in [-0.2, -0.15) is 10.2 Å².